The number of benzene rings is 1. The van der Waals surface area contributed by atoms with Crippen LogP contribution in [0.2, 0.25) is 5.02 Å². The lowest BCUT2D eigenvalue weighted by Gasteiger charge is -2.08. The molecule has 1 aromatic carbocycles. The highest BCUT2D eigenvalue weighted by molar-refractivity contribution is 6.33. The van der Waals surface area contributed by atoms with Gasteiger partial charge in [0.25, 0.3) is 0 Å². The molecule has 0 unspecified atom stereocenters. The lowest BCUT2D eigenvalue weighted by Crippen LogP contribution is -2.01. The zero-order chi connectivity index (χ0) is 17.8. The molecule has 0 aliphatic rings. The Morgan fingerprint density at radius 2 is 1.77 bits per heavy atom. The smallest absolute Gasteiger partial charge is 0.126 e. The van der Waals surface area contributed by atoms with Crippen molar-refractivity contribution < 1.29 is 0 Å². The van der Waals surface area contributed by atoms with Crippen LogP contribution in [0.1, 0.15) is 5.69 Å². The normalized spacial score (nSPS) is 10.7. The van der Waals surface area contributed by atoms with Crippen molar-refractivity contribution in [2.75, 3.05) is 5.32 Å². The Bertz CT molecular complexity index is 1010. The minimum Gasteiger partial charge on any atom is -0.364 e. The van der Waals surface area contributed by atoms with Gasteiger partial charge in [-0.1, -0.05) is 35.9 Å². The third-order valence-corrected chi connectivity index (χ3v) is 4.29. The van der Waals surface area contributed by atoms with Crippen LogP contribution in [0, 0.1) is 0 Å². The van der Waals surface area contributed by atoms with Crippen LogP contribution in [-0.2, 0) is 6.54 Å². The molecule has 5 nitrogen and oxygen atoms in total. The Kier molecular flexibility index (Phi) is 4.62. The molecule has 0 saturated heterocycles. The summed E-state index contributed by atoms with van der Waals surface area (Å²) >= 11 is 6.29. The molecule has 0 aliphatic carbocycles. The summed E-state index contributed by atoms with van der Waals surface area (Å²) in [5, 5.41) is 11.4. The van der Waals surface area contributed by atoms with Crippen LogP contribution in [-0.4, -0.2) is 20.2 Å². The van der Waals surface area contributed by atoms with Crippen LogP contribution in [0.4, 0.5) is 5.82 Å². The number of nitrogens with one attached hydrogen (secondary N) is 2. The van der Waals surface area contributed by atoms with Crippen molar-refractivity contribution in [2.45, 2.75) is 6.54 Å². The van der Waals surface area contributed by atoms with Gasteiger partial charge in [0.2, 0.25) is 0 Å². The summed E-state index contributed by atoms with van der Waals surface area (Å²) in [5.74, 6) is 0.774. The first-order chi connectivity index (χ1) is 12.8. The summed E-state index contributed by atoms with van der Waals surface area (Å²) in [6, 6.07) is 19.4. The van der Waals surface area contributed by atoms with E-state index < -0.39 is 0 Å². The number of halogens is 1. The Balaban J connectivity index is 1.48. The largest absolute Gasteiger partial charge is 0.364 e. The van der Waals surface area contributed by atoms with E-state index in [4.69, 9.17) is 11.6 Å². The highest BCUT2D eigenvalue weighted by Crippen LogP contribution is 2.28. The number of nitrogens with zero attached hydrogens (tertiary/aromatic N) is 3. The molecule has 0 spiro atoms. The van der Waals surface area contributed by atoms with Crippen LogP contribution in [0.5, 0.6) is 0 Å². The van der Waals surface area contributed by atoms with Crippen LogP contribution < -0.4 is 5.32 Å². The first-order valence-electron chi connectivity index (χ1n) is 8.20. The monoisotopic (exact) mass is 361 g/mol. The molecule has 2 N–H and O–H groups in total. The van der Waals surface area contributed by atoms with Gasteiger partial charge in [-0.25, -0.2) is 4.98 Å². The number of rotatable bonds is 5. The SMILES string of the molecule is Clc1ccccc1-c1ccnc(NCc2cc(-c3ccccn3)n[nH]2)c1. The van der Waals surface area contributed by atoms with Gasteiger partial charge < -0.3 is 5.32 Å². The molecule has 3 aromatic heterocycles. The molecule has 3 heterocycles. The number of hydrogen-bond acceptors (Lipinski definition) is 4. The highest BCUT2D eigenvalue weighted by atomic mass is 35.5. The zero-order valence-corrected chi connectivity index (χ0v) is 14.6. The average molecular weight is 362 g/mol. The van der Waals surface area contributed by atoms with E-state index in [1.807, 2.05) is 60.7 Å². The first-order valence-corrected chi connectivity index (χ1v) is 8.58. The van der Waals surface area contributed by atoms with E-state index in [9.17, 15) is 0 Å². The van der Waals surface area contributed by atoms with Crippen molar-refractivity contribution in [1.82, 2.24) is 20.2 Å². The van der Waals surface area contributed by atoms with Crippen LogP contribution in [0.15, 0.2) is 73.1 Å². The molecule has 0 fully saturated rings. The summed E-state index contributed by atoms with van der Waals surface area (Å²) < 4.78 is 0. The summed E-state index contributed by atoms with van der Waals surface area (Å²) in [4.78, 5) is 8.68. The van der Waals surface area contributed by atoms with Gasteiger partial charge in [-0.2, -0.15) is 5.10 Å². The van der Waals surface area contributed by atoms with Gasteiger partial charge in [0.05, 0.1) is 17.9 Å². The fourth-order valence-electron chi connectivity index (χ4n) is 2.67. The molecule has 4 aromatic rings. The topological polar surface area (TPSA) is 66.5 Å². The summed E-state index contributed by atoms with van der Waals surface area (Å²) in [7, 11) is 0. The van der Waals surface area contributed by atoms with Gasteiger partial charge in [-0.05, 0) is 42.0 Å². The number of aromatic amines is 1. The van der Waals surface area contributed by atoms with E-state index in [0.717, 1.165) is 39.0 Å². The predicted molar refractivity (Wildman–Crippen MR) is 104 cm³/mol. The van der Waals surface area contributed by atoms with Gasteiger partial charge in [0, 0.05) is 23.0 Å². The van der Waals surface area contributed by atoms with Crippen LogP contribution in [0.3, 0.4) is 0 Å². The van der Waals surface area contributed by atoms with Crippen molar-refractivity contribution in [3.05, 3.63) is 83.8 Å². The fourth-order valence-corrected chi connectivity index (χ4v) is 2.92. The lowest BCUT2D eigenvalue weighted by molar-refractivity contribution is 0.975. The van der Waals surface area contributed by atoms with E-state index in [1.54, 1.807) is 12.4 Å². The number of anilines is 1. The summed E-state index contributed by atoms with van der Waals surface area (Å²) in [6.45, 7) is 0.582. The van der Waals surface area contributed by atoms with Crippen LogP contribution >= 0.6 is 11.6 Å². The molecule has 0 amide bonds. The predicted octanol–water partition coefficient (Wildman–Crippen LogP) is 4.80. The summed E-state index contributed by atoms with van der Waals surface area (Å²) in [5.41, 5.74) is 4.62. The Morgan fingerprint density at radius 1 is 0.885 bits per heavy atom. The van der Waals surface area contributed by atoms with Crippen molar-refractivity contribution in [2.24, 2.45) is 0 Å². The van der Waals surface area contributed by atoms with E-state index in [-0.39, 0.29) is 0 Å². The number of H-pyrrole nitrogens is 1. The third-order valence-electron chi connectivity index (χ3n) is 3.96. The molecule has 4 rings (SSSR count). The molecule has 0 saturated carbocycles. The van der Waals surface area contributed by atoms with Gasteiger partial charge in [0.1, 0.15) is 11.5 Å². The van der Waals surface area contributed by atoms with Crippen LogP contribution in [0.25, 0.3) is 22.5 Å². The maximum Gasteiger partial charge on any atom is 0.126 e. The van der Waals surface area contributed by atoms with Crippen molar-refractivity contribution in [1.29, 1.82) is 0 Å². The number of aromatic nitrogens is 4. The first kappa shape index (κ1) is 16.3. The lowest BCUT2D eigenvalue weighted by atomic mass is 10.1. The second-order valence-corrected chi connectivity index (χ2v) is 6.16. The molecule has 0 atom stereocenters. The van der Waals surface area contributed by atoms with E-state index >= 15 is 0 Å². The second-order valence-electron chi connectivity index (χ2n) is 5.76. The maximum absolute atomic E-state index is 6.29. The van der Waals surface area contributed by atoms with Gasteiger partial charge in [-0.15, -0.1) is 0 Å². The molecule has 128 valence electrons. The summed E-state index contributed by atoms with van der Waals surface area (Å²) in [6.07, 6.45) is 3.53. The quantitative estimate of drug-likeness (QED) is 0.536. The third kappa shape index (κ3) is 3.58. The molecule has 0 bridgehead atoms. The maximum atomic E-state index is 6.29. The Morgan fingerprint density at radius 3 is 2.62 bits per heavy atom. The minimum absolute atomic E-state index is 0.582. The molecule has 26 heavy (non-hydrogen) atoms. The molecule has 0 aliphatic heterocycles. The second kappa shape index (κ2) is 7.37. The average Bonchev–Trinajstić information content (AvgIpc) is 3.17. The standard InChI is InChI=1S/C20H16ClN5/c21-17-6-2-1-5-16(17)14-8-10-23-20(11-14)24-13-15-12-19(26-25-15)18-7-3-4-9-22-18/h1-12H,13H2,(H,23,24)(H,25,26). The number of hydrogen-bond donors (Lipinski definition) is 2. The van der Waals surface area contributed by atoms with Crippen molar-refractivity contribution in [3.8, 4) is 22.5 Å². The van der Waals surface area contributed by atoms with Gasteiger partial charge in [0.15, 0.2) is 0 Å². The van der Waals surface area contributed by atoms with Crippen molar-refractivity contribution in [3.63, 3.8) is 0 Å². The number of pyridine rings is 2. The zero-order valence-electron chi connectivity index (χ0n) is 13.9. The van der Waals surface area contributed by atoms with Crippen molar-refractivity contribution >= 4 is 17.4 Å². The molecular formula is C20H16ClN5. The Hall–Kier alpha value is -3.18. The fraction of sp³-hybridized carbons (Fsp3) is 0.0500. The van der Waals surface area contributed by atoms with Gasteiger partial charge in [-0.3, -0.25) is 10.1 Å². The molecular weight excluding hydrogens is 346 g/mol. The Labute approximate surface area is 156 Å². The van der Waals surface area contributed by atoms with Gasteiger partial charge >= 0.3 is 0 Å². The van der Waals surface area contributed by atoms with E-state index in [1.165, 1.54) is 0 Å². The highest BCUT2D eigenvalue weighted by Gasteiger charge is 2.06. The van der Waals surface area contributed by atoms with E-state index in [2.05, 4.69) is 25.5 Å². The molecule has 6 heteroatoms. The minimum atomic E-state index is 0.582. The van der Waals surface area contributed by atoms with E-state index in [0.29, 0.717) is 6.54 Å². The molecule has 0 radical (unpaired) electrons.